The van der Waals surface area contributed by atoms with E-state index in [0.29, 0.717) is 35.3 Å². The van der Waals surface area contributed by atoms with Crippen LogP contribution >= 0.6 is 0 Å². The number of nitrogens with zero attached hydrogens (tertiary/aromatic N) is 1. The van der Waals surface area contributed by atoms with Gasteiger partial charge in [-0.1, -0.05) is 84.9 Å². The molecule has 0 spiro atoms. The molecular weight excluding hydrogens is 682 g/mol. The van der Waals surface area contributed by atoms with E-state index >= 15 is 0 Å². The second-order valence-electron chi connectivity index (χ2n) is 15.4. The van der Waals surface area contributed by atoms with Crippen molar-refractivity contribution in [1.82, 2.24) is 15.5 Å². The first-order valence-corrected chi connectivity index (χ1v) is 18.8. The summed E-state index contributed by atoms with van der Waals surface area (Å²) < 4.78 is 17.3. The zero-order valence-electron chi connectivity index (χ0n) is 31.3. The van der Waals surface area contributed by atoms with Gasteiger partial charge in [0.15, 0.2) is 0 Å². The summed E-state index contributed by atoms with van der Waals surface area (Å²) in [6, 6.07) is 33.3. The molecule has 2 fully saturated rings. The molecule has 0 aromatic heterocycles. The zero-order chi connectivity index (χ0) is 38.1. The Kier molecular flexibility index (Phi) is 12.3. The van der Waals surface area contributed by atoms with E-state index < -0.39 is 23.3 Å². The van der Waals surface area contributed by atoms with Crippen LogP contribution in [-0.4, -0.2) is 65.4 Å². The number of carbonyl (C=O) groups excluding carboxylic acids is 3. The van der Waals surface area contributed by atoms with Gasteiger partial charge in [-0.05, 0) is 106 Å². The predicted octanol–water partition coefficient (Wildman–Crippen LogP) is 6.74. The number of hydrogen-bond acceptors (Lipinski definition) is 8. The van der Waals surface area contributed by atoms with Gasteiger partial charge in [-0.3, -0.25) is 9.69 Å². The lowest BCUT2D eigenvalue weighted by atomic mass is 9.86. The Hall–Kier alpha value is -5.19. The molecule has 0 bridgehead atoms. The van der Waals surface area contributed by atoms with Crippen LogP contribution in [0.25, 0.3) is 0 Å². The topological polar surface area (TPSA) is 126 Å². The number of carbonyl (C=O) groups is 3. The molecule has 1 saturated carbocycles. The Bertz CT molecular complexity index is 1850. The van der Waals surface area contributed by atoms with Crippen LogP contribution in [0.5, 0.6) is 5.75 Å². The van der Waals surface area contributed by atoms with Crippen molar-refractivity contribution in [2.45, 2.75) is 82.9 Å². The molecule has 1 unspecified atom stereocenters. The summed E-state index contributed by atoms with van der Waals surface area (Å²) in [7, 11) is 0. The molecule has 6 rings (SSSR count). The highest BCUT2D eigenvalue weighted by Crippen LogP contribution is 2.34. The number of benzene rings is 4. The number of likely N-dealkylation sites (tertiary alicyclic amines) is 1. The van der Waals surface area contributed by atoms with Crippen LogP contribution in [0.4, 0.5) is 4.79 Å². The number of hydrogen-bond donors (Lipinski definition) is 3. The van der Waals surface area contributed by atoms with Crippen molar-refractivity contribution in [3.63, 3.8) is 0 Å². The van der Waals surface area contributed by atoms with Gasteiger partial charge in [-0.2, -0.15) is 0 Å². The first-order chi connectivity index (χ1) is 25.9. The van der Waals surface area contributed by atoms with Gasteiger partial charge in [0, 0.05) is 29.8 Å². The minimum atomic E-state index is -2.03. The summed E-state index contributed by atoms with van der Waals surface area (Å²) in [5.41, 5.74) is 0.818. The number of esters is 1. The fourth-order valence-electron chi connectivity index (χ4n) is 6.86. The van der Waals surface area contributed by atoms with Crippen molar-refractivity contribution < 1.29 is 33.7 Å². The van der Waals surface area contributed by atoms with Gasteiger partial charge in [-0.15, -0.1) is 0 Å². The molecule has 1 aliphatic heterocycles. The highest BCUT2D eigenvalue weighted by atomic mass is 16.6. The lowest BCUT2D eigenvalue weighted by molar-refractivity contribution is -0.164. The smallest absolute Gasteiger partial charge is 0.407 e. The Labute approximate surface area is 317 Å². The van der Waals surface area contributed by atoms with Gasteiger partial charge in [0.1, 0.15) is 18.0 Å². The van der Waals surface area contributed by atoms with Gasteiger partial charge in [0.05, 0.1) is 6.61 Å². The van der Waals surface area contributed by atoms with Crippen LogP contribution in [0.3, 0.4) is 0 Å². The number of ether oxygens (including phenoxy) is 3. The van der Waals surface area contributed by atoms with Crippen molar-refractivity contribution in [1.29, 1.82) is 0 Å². The summed E-state index contributed by atoms with van der Waals surface area (Å²) >= 11 is 0. The van der Waals surface area contributed by atoms with Crippen LogP contribution in [-0.2, 0) is 33.0 Å². The standard InChI is InChI=1S/C44H51N3O7/c1-43(2,3)54-42(50)46-38-26-37(27-38)45-40(48)34-19-17-32(18-20-34)29-52-39-16-10-15-36(25-39)44(51,35-13-8-5-9-14-35)41(49)53-30-33-21-23-47(24-22-33)28-31-11-6-4-7-12-31/h4-20,25,33,37-38,51H,21-24,26-30H2,1-3H3,(H,45,48)(H,46,50)/t37-,38-,44?. The lowest BCUT2D eigenvalue weighted by Gasteiger charge is -2.36. The van der Waals surface area contributed by atoms with Gasteiger partial charge < -0.3 is 30.0 Å². The molecule has 1 aliphatic carbocycles. The molecule has 2 aliphatic rings. The normalized spacial score (nSPS) is 18.7. The summed E-state index contributed by atoms with van der Waals surface area (Å²) in [6.45, 7) is 8.65. The van der Waals surface area contributed by atoms with Crippen molar-refractivity contribution in [3.05, 3.63) is 137 Å². The van der Waals surface area contributed by atoms with Gasteiger partial charge >= 0.3 is 12.1 Å². The summed E-state index contributed by atoms with van der Waals surface area (Å²) in [5, 5.41) is 18.0. The number of alkyl carbamates (subject to hydrolysis) is 1. The molecule has 284 valence electrons. The molecule has 1 saturated heterocycles. The number of aliphatic hydroxyl groups is 1. The van der Waals surface area contributed by atoms with Crippen LogP contribution < -0.4 is 15.4 Å². The molecule has 4 aromatic rings. The first-order valence-electron chi connectivity index (χ1n) is 18.8. The third-order valence-corrected chi connectivity index (χ3v) is 9.96. The first kappa shape index (κ1) is 38.5. The second kappa shape index (κ2) is 17.3. The van der Waals surface area contributed by atoms with Crippen molar-refractivity contribution in [2.24, 2.45) is 5.92 Å². The molecule has 4 aromatic carbocycles. The van der Waals surface area contributed by atoms with Crippen molar-refractivity contribution >= 4 is 18.0 Å². The largest absolute Gasteiger partial charge is 0.489 e. The Morgan fingerprint density at radius 1 is 0.759 bits per heavy atom. The van der Waals surface area contributed by atoms with E-state index in [-0.39, 0.29) is 37.1 Å². The molecule has 2 amide bonds. The van der Waals surface area contributed by atoms with E-state index in [9.17, 15) is 19.5 Å². The molecule has 10 nitrogen and oxygen atoms in total. The number of rotatable bonds is 13. The molecule has 1 atom stereocenters. The monoisotopic (exact) mass is 733 g/mol. The minimum absolute atomic E-state index is 0.0251. The fraction of sp³-hybridized carbons (Fsp3) is 0.386. The molecular formula is C44H51N3O7. The minimum Gasteiger partial charge on any atom is -0.489 e. The molecule has 54 heavy (non-hydrogen) atoms. The zero-order valence-corrected chi connectivity index (χ0v) is 31.3. The van der Waals surface area contributed by atoms with Crippen LogP contribution in [0.2, 0.25) is 0 Å². The lowest BCUT2D eigenvalue weighted by Crippen LogP contribution is -2.54. The van der Waals surface area contributed by atoms with Crippen molar-refractivity contribution in [2.75, 3.05) is 19.7 Å². The highest BCUT2D eigenvalue weighted by Gasteiger charge is 2.42. The second-order valence-corrected chi connectivity index (χ2v) is 15.4. The predicted molar refractivity (Wildman–Crippen MR) is 206 cm³/mol. The molecule has 0 radical (unpaired) electrons. The summed E-state index contributed by atoms with van der Waals surface area (Å²) in [5.74, 6) is -0.215. The number of amides is 2. The van der Waals surface area contributed by atoms with Gasteiger partial charge in [0.2, 0.25) is 5.60 Å². The van der Waals surface area contributed by atoms with Crippen LogP contribution in [0, 0.1) is 5.92 Å². The van der Waals surface area contributed by atoms with E-state index in [1.807, 2.05) is 45.0 Å². The van der Waals surface area contributed by atoms with E-state index in [4.69, 9.17) is 14.2 Å². The van der Waals surface area contributed by atoms with Gasteiger partial charge in [0.25, 0.3) is 5.91 Å². The Morgan fingerprint density at radius 3 is 2.06 bits per heavy atom. The quantitative estimate of drug-likeness (QED) is 0.129. The van der Waals surface area contributed by atoms with E-state index in [2.05, 4.69) is 39.8 Å². The summed E-state index contributed by atoms with van der Waals surface area (Å²) in [4.78, 5) is 41.1. The van der Waals surface area contributed by atoms with E-state index in [0.717, 1.165) is 38.0 Å². The third-order valence-electron chi connectivity index (χ3n) is 9.96. The van der Waals surface area contributed by atoms with Crippen LogP contribution in [0.15, 0.2) is 109 Å². The maximum atomic E-state index is 13.8. The summed E-state index contributed by atoms with van der Waals surface area (Å²) in [6.07, 6.45) is 2.65. The molecule has 10 heteroatoms. The SMILES string of the molecule is CC(C)(C)OC(=O)N[C@H]1C[C@H](NC(=O)c2ccc(COc3cccc(C(O)(C(=O)OCC4CCN(Cc5ccccc5)CC4)c4ccccc4)c3)cc2)C1. The van der Waals surface area contributed by atoms with E-state index in [1.54, 1.807) is 60.7 Å². The highest BCUT2D eigenvalue weighted by molar-refractivity contribution is 5.94. The van der Waals surface area contributed by atoms with Crippen molar-refractivity contribution in [3.8, 4) is 5.75 Å². The Balaban J connectivity index is 1.01. The maximum absolute atomic E-state index is 13.8. The Morgan fingerprint density at radius 2 is 1.39 bits per heavy atom. The fourth-order valence-corrected chi connectivity index (χ4v) is 6.86. The average molecular weight is 734 g/mol. The molecule has 3 N–H and O–H groups in total. The maximum Gasteiger partial charge on any atom is 0.407 e. The van der Waals surface area contributed by atoms with Gasteiger partial charge in [-0.25, -0.2) is 9.59 Å². The number of piperidine rings is 1. The third kappa shape index (κ3) is 10.3. The number of nitrogens with one attached hydrogen (secondary N) is 2. The average Bonchev–Trinajstić information content (AvgIpc) is 3.15. The molecule has 1 heterocycles. The van der Waals surface area contributed by atoms with E-state index in [1.165, 1.54) is 5.56 Å². The van der Waals surface area contributed by atoms with Crippen LogP contribution in [0.1, 0.15) is 79.1 Å².